The first-order chi connectivity index (χ1) is 16.0. The standard InChI is InChI=1S/C22H26FN5O4S/c1-31-21(29)18-19(32-14-16-7-6-15(13-24)12-17(16)23)27-33-20(18)26-22(30)25-8-2-3-9-28-10-4-5-11-28/h6-7,12H,2-5,8-11,14H2,1H3,(H2,25,26,30). The van der Waals surface area contributed by atoms with Gasteiger partial charge in [-0.2, -0.15) is 9.64 Å². The van der Waals surface area contributed by atoms with Gasteiger partial charge in [0.25, 0.3) is 0 Å². The van der Waals surface area contributed by atoms with E-state index < -0.39 is 17.8 Å². The Hall–Kier alpha value is -3.23. The number of rotatable bonds is 10. The van der Waals surface area contributed by atoms with Crippen LogP contribution in [0.4, 0.5) is 14.2 Å². The summed E-state index contributed by atoms with van der Waals surface area (Å²) in [5.41, 5.74) is 0.341. The van der Waals surface area contributed by atoms with Crippen molar-refractivity contribution in [2.75, 3.05) is 38.6 Å². The molecule has 33 heavy (non-hydrogen) atoms. The number of likely N-dealkylation sites (tertiary alicyclic amines) is 1. The minimum Gasteiger partial charge on any atom is -0.471 e. The van der Waals surface area contributed by atoms with E-state index in [1.165, 1.54) is 32.1 Å². The molecule has 1 aromatic carbocycles. The van der Waals surface area contributed by atoms with Gasteiger partial charge >= 0.3 is 12.0 Å². The van der Waals surface area contributed by atoms with Crippen LogP contribution in [0.25, 0.3) is 0 Å². The highest BCUT2D eigenvalue weighted by molar-refractivity contribution is 7.11. The largest absolute Gasteiger partial charge is 0.471 e. The van der Waals surface area contributed by atoms with Crippen molar-refractivity contribution in [2.24, 2.45) is 0 Å². The van der Waals surface area contributed by atoms with E-state index in [4.69, 9.17) is 14.7 Å². The first kappa shape index (κ1) is 24.4. The van der Waals surface area contributed by atoms with Crippen molar-refractivity contribution < 1.29 is 23.5 Å². The maximum absolute atomic E-state index is 14.1. The normalized spacial score (nSPS) is 13.4. The maximum atomic E-state index is 14.1. The van der Waals surface area contributed by atoms with E-state index >= 15 is 0 Å². The number of unbranched alkanes of at least 4 members (excludes halogenated alkanes) is 1. The zero-order valence-electron chi connectivity index (χ0n) is 18.4. The number of esters is 1. The summed E-state index contributed by atoms with van der Waals surface area (Å²) >= 11 is 0.863. The second kappa shape index (κ2) is 12.1. The molecule has 3 rings (SSSR count). The van der Waals surface area contributed by atoms with Crippen LogP contribution in [0.3, 0.4) is 0 Å². The molecule has 9 nitrogen and oxygen atoms in total. The smallest absolute Gasteiger partial charge is 0.346 e. The molecule has 2 aromatic rings. The molecule has 1 aliphatic heterocycles. The quantitative estimate of drug-likeness (QED) is 0.399. The van der Waals surface area contributed by atoms with Crippen LogP contribution in [0.15, 0.2) is 18.2 Å². The second-order valence-corrected chi connectivity index (χ2v) is 8.30. The highest BCUT2D eigenvalue weighted by Gasteiger charge is 2.25. The molecule has 0 atom stereocenters. The van der Waals surface area contributed by atoms with Gasteiger partial charge < -0.3 is 19.7 Å². The summed E-state index contributed by atoms with van der Waals surface area (Å²) in [6.07, 6.45) is 4.36. The number of ether oxygens (including phenoxy) is 2. The minimum absolute atomic E-state index is 0.0410. The number of nitriles is 1. The number of nitrogens with one attached hydrogen (secondary N) is 2. The summed E-state index contributed by atoms with van der Waals surface area (Å²) < 4.78 is 28.5. The number of carbonyl (C=O) groups excluding carboxylic acids is 2. The molecule has 2 N–H and O–H groups in total. The van der Waals surface area contributed by atoms with E-state index in [1.807, 2.05) is 6.07 Å². The number of aromatic nitrogens is 1. The molecule has 2 amide bonds. The lowest BCUT2D eigenvalue weighted by Gasteiger charge is -2.14. The minimum atomic E-state index is -0.736. The van der Waals surface area contributed by atoms with Gasteiger partial charge in [-0.3, -0.25) is 5.32 Å². The molecule has 0 unspecified atom stereocenters. The number of carbonyl (C=O) groups is 2. The highest BCUT2D eigenvalue weighted by Crippen LogP contribution is 2.32. The molecule has 1 fully saturated rings. The van der Waals surface area contributed by atoms with E-state index in [0.717, 1.165) is 50.1 Å². The maximum Gasteiger partial charge on any atom is 0.346 e. The van der Waals surface area contributed by atoms with Gasteiger partial charge in [0, 0.05) is 12.1 Å². The van der Waals surface area contributed by atoms with Crippen LogP contribution >= 0.6 is 11.5 Å². The van der Waals surface area contributed by atoms with Gasteiger partial charge in [-0.15, -0.1) is 0 Å². The third-order valence-corrected chi connectivity index (χ3v) is 5.96. The number of anilines is 1. The van der Waals surface area contributed by atoms with Gasteiger partial charge in [0.15, 0.2) is 5.56 Å². The average molecular weight is 476 g/mol. The molecule has 0 saturated carbocycles. The van der Waals surface area contributed by atoms with E-state index in [0.29, 0.717) is 6.54 Å². The lowest BCUT2D eigenvalue weighted by atomic mass is 10.1. The van der Waals surface area contributed by atoms with Crippen molar-refractivity contribution in [3.8, 4) is 11.9 Å². The summed E-state index contributed by atoms with van der Waals surface area (Å²) in [6.45, 7) is 3.63. The third kappa shape index (κ3) is 6.87. The van der Waals surface area contributed by atoms with Gasteiger partial charge in [0.2, 0.25) is 5.88 Å². The van der Waals surface area contributed by atoms with Crippen molar-refractivity contribution in [3.05, 3.63) is 40.7 Å². The second-order valence-electron chi connectivity index (χ2n) is 7.53. The Morgan fingerprint density at radius 2 is 2.09 bits per heavy atom. The molecule has 11 heteroatoms. The predicted octanol–water partition coefficient (Wildman–Crippen LogP) is 3.52. The number of amides is 2. The Kier molecular flexibility index (Phi) is 8.97. The van der Waals surface area contributed by atoms with Crippen LogP contribution in [0.2, 0.25) is 0 Å². The molecule has 1 aromatic heterocycles. The van der Waals surface area contributed by atoms with Crippen molar-refractivity contribution in [3.63, 3.8) is 0 Å². The summed E-state index contributed by atoms with van der Waals surface area (Å²) in [5.74, 6) is -1.41. The topological polar surface area (TPSA) is 117 Å². The van der Waals surface area contributed by atoms with Gasteiger partial charge in [-0.05, 0) is 69.0 Å². The van der Waals surface area contributed by atoms with Crippen LogP contribution in [-0.2, 0) is 11.3 Å². The van der Waals surface area contributed by atoms with Gasteiger partial charge in [0.05, 0.1) is 18.7 Å². The van der Waals surface area contributed by atoms with Crippen LogP contribution in [0, 0.1) is 17.1 Å². The number of halogens is 1. The third-order valence-electron chi connectivity index (χ3n) is 5.21. The highest BCUT2D eigenvalue weighted by atomic mass is 32.1. The molecule has 0 radical (unpaired) electrons. The Labute approximate surface area is 195 Å². The zero-order chi connectivity index (χ0) is 23.6. The molecule has 1 saturated heterocycles. The molecule has 0 bridgehead atoms. The summed E-state index contributed by atoms with van der Waals surface area (Å²) in [6, 6.07) is 5.38. The summed E-state index contributed by atoms with van der Waals surface area (Å²) in [7, 11) is 1.20. The fourth-order valence-electron chi connectivity index (χ4n) is 3.44. The zero-order valence-corrected chi connectivity index (χ0v) is 19.2. The first-order valence-electron chi connectivity index (χ1n) is 10.7. The molecule has 2 heterocycles. The van der Waals surface area contributed by atoms with Crippen molar-refractivity contribution >= 4 is 28.5 Å². The lowest BCUT2D eigenvalue weighted by molar-refractivity contribution is 0.0596. The fourth-order valence-corrected chi connectivity index (χ4v) is 4.16. The summed E-state index contributed by atoms with van der Waals surface area (Å²) in [5, 5.41) is 14.4. The van der Waals surface area contributed by atoms with Crippen LogP contribution < -0.4 is 15.4 Å². The molecule has 1 aliphatic rings. The number of benzene rings is 1. The van der Waals surface area contributed by atoms with Crippen molar-refractivity contribution in [1.82, 2.24) is 14.6 Å². The molecular formula is C22H26FN5O4S. The number of hydrogen-bond donors (Lipinski definition) is 2. The number of nitrogens with zero attached hydrogens (tertiary/aromatic N) is 3. The summed E-state index contributed by atoms with van der Waals surface area (Å²) in [4.78, 5) is 27.0. The van der Waals surface area contributed by atoms with Crippen molar-refractivity contribution in [1.29, 1.82) is 5.26 Å². The molecule has 0 spiro atoms. The van der Waals surface area contributed by atoms with Gasteiger partial charge in [-0.25, -0.2) is 14.0 Å². The van der Waals surface area contributed by atoms with E-state index in [1.54, 1.807) is 0 Å². The van der Waals surface area contributed by atoms with Gasteiger partial charge in [0.1, 0.15) is 17.4 Å². The SMILES string of the molecule is COC(=O)c1c(OCc2ccc(C#N)cc2F)nsc1NC(=O)NCCCCN1CCCC1. The van der Waals surface area contributed by atoms with Crippen LogP contribution in [0.1, 0.15) is 47.2 Å². The van der Waals surface area contributed by atoms with Crippen LogP contribution in [0.5, 0.6) is 5.88 Å². The molecule has 176 valence electrons. The van der Waals surface area contributed by atoms with E-state index in [-0.39, 0.29) is 34.2 Å². The first-order valence-corrected chi connectivity index (χ1v) is 11.5. The van der Waals surface area contributed by atoms with Crippen molar-refractivity contribution in [2.45, 2.75) is 32.3 Å². The molecular weight excluding hydrogens is 449 g/mol. The van der Waals surface area contributed by atoms with E-state index in [2.05, 4.69) is 19.9 Å². The van der Waals surface area contributed by atoms with Crippen LogP contribution in [-0.4, -0.2) is 54.6 Å². The Balaban J connectivity index is 1.54. The van der Waals surface area contributed by atoms with E-state index in [9.17, 15) is 14.0 Å². The average Bonchev–Trinajstić information content (AvgIpc) is 3.47. The number of urea groups is 1. The predicted molar refractivity (Wildman–Crippen MR) is 121 cm³/mol. The van der Waals surface area contributed by atoms with Gasteiger partial charge in [-0.1, -0.05) is 6.07 Å². The monoisotopic (exact) mass is 475 g/mol. The fraction of sp³-hybridized carbons (Fsp3) is 0.455. The number of hydrogen-bond acceptors (Lipinski definition) is 8. The Morgan fingerprint density at radius 3 is 2.79 bits per heavy atom. The molecule has 0 aliphatic carbocycles. The number of methoxy groups -OCH3 is 1. The Bertz CT molecular complexity index is 1020. The lowest BCUT2D eigenvalue weighted by Crippen LogP contribution is -2.30. The Morgan fingerprint density at radius 1 is 1.30 bits per heavy atom.